The number of carbonyl (C=O) groups is 2. The molecule has 1 rings (SSSR count). The van der Waals surface area contributed by atoms with E-state index in [0.717, 1.165) is 19.3 Å². The highest BCUT2D eigenvalue weighted by molar-refractivity contribution is 5.96. The van der Waals surface area contributed by atoms with Crippen LogP contribution in [0.2, 0.25) is 0 Å². The van der Waals surface area contributed by atoms with E-state index in [1.165, 1.54) is 14.2 Å². The van der Waals surface area contributed by atoms with Crippen molar-refractivity contribution in [1.82, 2.24) is 4.90 Å². The summed E-state index contributed by atoms with van der Waals surface area (Å²) in [6.45, 7) is 2.07. The predicted molar refractivity (Wildman–Crippen MR) is 71.0 cm³/mol. The molecule has 5 nitrogen and oxygen atoms in total. The maximum absolute atomic E-state index is 11.8. The molecule has 0 saturated carbocycles. The van der Waals surface area contributed by atoms with Gasteiger partial charge in [0, 0.05) is 25.4 Å². The normalized spacial score (nSPS) is 15.7. The van der Waals surface area contributed by atoms with Crippen LogP contribution in [0.3, 0.4) is 0 Å². The zero-order chi connectivity index (χ0) is 14.4. The molecule has 0 unspecified atom stereocenters. The van der Waals surface area contributed by atoms with Gasteiger partial charge in [0.25, 0.3) is 0 Å². The molecule has 106 valence electrons. The first kappa shape index (κ1) is 15.3. The molecule has 0 amide bonds. The monoisotopic (exact) mass is 267 g/mol. The summed E-state index contributed by atoms with van der Waals surface area (Å²) in [7, 11) is 4.45. The van der Waals surface area contributed by atoms with Crippen molar-refractivity contribution in [3.63, 3.8) is 0 Å². The van der Waals surface area contributed by atoms with Gasteiger partial charge in [0.2, 0.25) is 0 Å². The van der Waals surface area contributed by atoms with Gasteiger partial charge in [0.05, 0.1) is 25.4 Å². The van der Waals surface area contributed by atoms with E-state index in [1.807, 2.05) is 0 Å². The molecule has 0 spiro atoms. The number of hydrogen-bond donors (Lipinski definition) is 0. The maximum atomic E-state index is 11.8. The first-order valence-corrected chi connectivity index (χ1v) is 6.37. The molecule has 0 radical (unpaired) electrons. The summed E-state index contributed by atoms with van der Waals surface area (Å²) in [6, 6.07) is 0. The van der Waals surface area contributed by atoms with Gasteiger partial charge >= 0.3 is 11.9 Å². The second kappa shape index (κ2) is 6.97. The second-order valence-corrected chi connectivity index (χ2v) is 4.51. The zero-order valence-corrected chi connectivity index (χ0v) is 11.9. The lowest BCUT2D eigenvalue weighted by Crippen LogP contribution is -2.28. The number of carbonyl (C=O) groups excluding carboxylic acids is 2. The molecule has 0 saturated heterocycles. The van der Waals surface area contributed by atoms with E-state index in [1.54, 1.807) is 24.3 Å². The molecule has 19 heavy (non-hydrogen) atoms. The molecule has 0 atom stereocenters. The molecular formula is C14H21NO4. The first-order valence-electron chi connectivity index (χ1n) is 6.37. The van der Waals surface area contributed by atoms with E-state index < -0.39 is 11.9 Å². The van der Waals surface area contributed by atoms with Crippen molar-refractivity contribution in [1.29, 1.82) is 0 Å². The Bertz CT molecular complexity index is 378. The minimum absolute atomic E-state index is 0.254. The zero-order valence-electron chi connectivity index (χ0n) is 11.9. The number of esters is 2. The smallest absolute Gasteiger partial charge is 0.335 e. The van der Waals surface area contributed by atoms with Gasteiger partial charge in [-0.1, -0.05) is 19.8 Å². The van der Waals surface area contributed by atoms with Crippen LogP contribution in [0.5, 0.6) is 0 Å². The van der Waals surface area contributed by atoms with Gasteiger partial charge in [-0.25, -0.2) is 9.59 Å². The molecular weight excluding hydrogens is 246 g/mol. The van der Waals surface area contributed by atoms with Gasteiger partial charge in [0.15, 0.2) is 0 Å². The minimum Gasteiger partial charge on any atom is -0.466 e. The Morgan fingerprint density at radius 2 is 1.63 bits per heavy atom. The summed E-state index contributed by atoms with van der Waals surface area (Å²) in [5, 5.41) is 0. The Kier molecular flexibility index (Phi) is 5.60. The molecule has 0 aromatic carbocycles. The van der Waals surface area contributed by atoms with E-state index in [0.29, 0.717) is 11.1 Å². The summed E-state index contributed by atoms with van der Waals surface area (Å²) in [4.78, 5) is 25.4. The van der Waals surface area contributed by atoms with Crippen molar-refractivity contribution in [2.24, 2.45) is 5.92 Å². The number of rotatable bonds is 5. The van der Waals surface area contributed by atoms with Crippen molar-refractivity contribution in [3.05, 3.63) is 23.5 Å². The van der Waals surface area contributed by atoms with Crippen molar-refractivity contribution in [2.45, 2.75) is 26.2 Å². The summed E-state index contributed by atoms with van der Waals surface area (Å²) >= 11 is 0. The minimum atomic E-state index is -0.401. The van der Waals surface area contributed by atoms with Gasteiger partial charge in [-0.15, -0.1) is 0 Å². The molecule has 1 heterocycles. The Morgan fingerprint density at radius 3 is 2.00 bits per heavy atom. The van der Waals surface area contributed by atoms with Crippen LogP contribution >= 0.6 is 0 Å². The van der Waals surface area contributed by atoms with Gasteiger partial charge in [0.1, 0.15) is 0 Å². The summed E-state index contributed by atoms with van der Waals surface area (Å²) in [6.07, 6.45) is 6.07. The molecule has 0 aromatic heterocycles. The fourth-order valence-electron chi connectivity index (χ4n) is 2.17. The third-order valence-corrected chi connectivity index (χ3v) is 3.12. The van der Waals surface area contributed by atoms with E-state index in [-0.39, 0.29) is 5.92 Å². The molecule has 0 aliphatic carbocycles. The quantitative estimate of drug-likeness (QED) is 0.712. The van der Waals surface area contributed by atoms with Crippen molar-refractivity contribution in [2.75, 3.05) is 21.3 Å². The highest BCUT2D eigenvalue weighted by Crippen LogP contribution is 2.31. The van der Waals surface area contributed by atoms with Crippen molar-refractivity contribution >= 4 is 11.9 Å². The lowest BCUT2D eigenvalue weighted by atomic mass is 9.85. The average Bonchev–Trinajstić information content (AvgIpc) is 2.43. The number of methoxy groups -OCH3 is 2. The molecule has 0 N–H and O–H groups in total. The maximum Gasteiger partial charge on any atom is 0.335 e. The van der Waals surface area contributed by atoms with Crippen LogP contribution in [0.4, 0.5) is 0 Å². The third kappa shape index (κ3) is 3.59. The SMILES string of the molecule is CCCCC1C(C(=O)OC)=CN(C)C=C1C(=O)OC. The predicted octanol–water partition coefficient (Wildman–Crippen LogP) is 1.85. The van der Waals surface area contributed by atoms with Gasteiger partial charge in [-0.3, -0.25) is 0 Å². The van der Waals surface area contributed by atoms with Crippen LogP contribution in [0.1, 0.15) is 26.2 Å². The summed E-state index contributed by atoms with van der Waals surface area (Å²) in [5.41, 5.74) is 1.00. The Labute approximate surface area is 113 Å². The van der Waals surface area contributed by atoms with Crippen LogP contribution in [0, 0.1) is 5.92 Å². The topological polar surface area (TPSA) is 55.8 Å². The summed E-state index contributed by atoms with van der Waals surface area (Å²) in [5.74, 6) is -1.05. The van der Waals surface area contributed by atoms with Crippen LogP contribution in [-0.2, 0) is 19.1 Å². The Balaban J connectivity index is 3.08. The van der Waals surface area contributed by atoms with Crippen molar-refractivity contribution in [3.8, 4) is 0 Å². The summed E-state index contributed by atoms with van der Waals surface area (Å²) < 4.78 is 9.59. The highest BCUT2D eigenvalue weighted by atomic mass is 16.5. The molecule has 0 aromatic rings. The first-order chi connectivity index (χ1) is 9.04. The highest BCUT2D eigenvalue weighted by Gasteiger charge is 2.32. The third-order valence-electron chi connectivity index (χ3n) is 3.12. The van der Waals surface area contributed by atoms with E-state index in [4.69, 9.17) is 9.47 Å². The van der Waals surface area contributed by atoms with E-state index >= 15 is 0 Å². The fourth-order valence-corrected chi connectivity index (χ4v) is 2.17. The van der Waals surface area contributed by atoms with Gasteiger partial charge < -0.3 is 14.4 Å². The standard InChI is InChI=1S/C14H21NO4/c1-5-6-7-10-11(13(16)18-3)8-15(2)9-12(10)14(17)19-4/h8-10H,5-7H2,1-4H3. The molecule has 0 fully saturated rings. The number of ether oxygens (including phenoxy) is 2. The molecule has 5 heteroatoms. The van der Waals surface area contributed by atoms with E-state index in [9.17, 15) is 9.59 Å². The number of unbranched alkanes of at least 4 members (excludes halogenated alkanes) is 1. The van der Waals surface area contributed by atoms with Crippen LogP contribution < -0.4 is 0 Å². The van der Waals surface area contributed by atoms with Crippen LogP contribution in [0.25, 0.3) is 0 Å². The number of hydrogen-bond acceptors (Lipinski definition) is 5. The van der Waals surface area contributed by atoms with Crippen LogP contribution in [-0.4, -0.2) is 38.1 Å². The molecule has 0 bridgehead atoms. The lowest BCUT2D eigenvalue weighted by Gasteiger charge is -2.27. The fraction of sp³-hybridized carbons (Fsp3) is 0.571. The van der Waals surface area contributed by atoms with Crippen molar-refractivity contribution < 1.29 is 19.1 Å². The van der Waals surface area contributed by atoms with Gasteiger partial charge in [-0.2, -0.15) is 0 Å². The molecule has 1 aliphatic rings. The number of nitrogens with zero attached hydrogens (tertiary/aromatic N) is 1. The van der Waals surface area contributed by atoms with Crippen LogP contribution in [0.15, 0.2) is 23.5 Å². The largest absolute Gasteiger partial charge is 0.466 e. The lowest BCUT2D eigenvalue weighted by molar-refractivity contribution is -0.137. The van der Waals surface area contributed by atoms with Gasteiger partial charge in [-0.05, 0) is 6.42 Å². The Hall–Kier alpha value is -1.78. The van der Waals surface area contributed by atoms with E-state index in [2.05, 4.69) is 6.92 Å². The average molecular weight is 267 g/mol. The second-order valence-electron chi connectivity index (χ2n) is 4.51. The molecule has 1 aliphatic heterocycles. The Morgan fingerprint density at radius 1 is 1.16 bits per heavy atom.